The Morgan fingerprint density at radius 1 is 1.06 bits per heavy atom. The van der Waals surface area contributed by atoms with Gasteiger partial charge in [0.05, 0.1) is 24.0 Å². The van der Waals surface area contributed by atoms with Crippen LogP contribution in [0.1, 0.15) is 16.7 Å². The van der Waals surface area contributed by atoms with E-state index in [-0.39, 0.29) is 0 Å². The third-order valence-corrected chi connectivity index (χ3v) is 6.01. The maximum Gasteiger partial charge on any atom is 0.232 e. The molecule has 3 aromatic rings. The molecule has 31 heavy (non-hydrogen) atoms. The molecular formula is C24H26N6O. The van der Waals surface area contributed by atoms with Crippen molar-refractivity contribution in [3.8, 4) is 16.9 Å². The number of rotatable bonds is 3. The molecule has 0 saturated carbocycles. The summed E-state index contributed by atoms with van der Waals surface area (Å²) in [5.74, 6) is -0.557. The van der Waals surface area contributed by atoms with Crippen LogP contribution in [0.3, 0.4) is 0 Å². The summed E-state index contributed by atoms with van der Waals surface area (Å²) in [5, 5.41) is 12.2. The van der Waals surface area contributed by atoms with Gasteiger partial charge in [-0.3, -0.25) is 5.73 Å². The van der Waals surface area contributed by atoms with Crippen LogP contribution < -0.4 is 21.5 Å². The zero-order valence-electron chi connectivity index (χ0n) is 17.7. The van der Waals surface area contributed by atoms with Crippen LogP contribution in [0.2, 0.25) is 0 Å². The van der Waals surface area contributed by atoms with Crippen LogP contribution in [-0.4, -0.2) is 25.6 Å². The van der Waals surface area contributed by atoms with Gasteiger partial charge in [-0.1, -0.05) is 30.3 Å². The summed E-state index contributed by atoms with van der Waals surface area (Å²) in [6.45, 7) is 1.89. The molecule has 2 aliphatic heterocycles. The SMILES string of the molecule is COc1cc2c(cc1C1(N)N=Nc3c(N)cc(-c4ccccc4)cc3N1)CN(C)CC2. The van der Waals surface area contributed by atoms with E-state index >= 15 is 0 Å². The van der Waals surface area contributed by atoms with Crippen LogP contribution in [0.25, 0.3) is 11.1 Å². The minimum absolute atomic E-state index is 0.550. The van der Waals surface area contributed by atoms with Gasteiger partial charge in [0, 0.05) is 13.1 Å². The molecule has 1 unspecified atom stereocenters. The Bertz CT molecular complexity index is 1180. The summed E-state index contributed by atoms with van der Waals surface area (Å²) >= 11 is 0. The van der Waals surface area contributed by atoms with E-state index in [2.05, 4.69) is 39.6 Å². The van der Waals surface area contributed by atoms with Crippen molar-refractivity contribution in [2.24, 2.45) is 16.0 Å². The Labute approximate surface area is 181 Å². The van der Waals surface area contributed by atoms with Crippen molar-refractivity contribution in [3.05, 3.63) is 71.3 Å². The molecule has 0 spiro atoms. The number of nitrogens with one attached hydrogen (secondary N) is 1. The minimum Gasteiger partial charge on any atom is -0.496 e. The molecule has 7 nitrogen and oxygen atoms in total. The molecule has 2 heterocycles. The van der Waals surface area contributed by atoms with Gasteiger partial charge in [-0.2, -0.15) is 0 Å². The van der Waals surface area contributed by atoms with E-state index in [0.717, 1.165) is 41.9 Å². The molecule has 3 aromatic carbocycles. The molecule has 0 amide bonds. The van der Waals surface area contributed by atoms with Crippen molar-refractivity contribution in [2.75, 3.05) is 31.8 Å². The van der Waals surface area contributed by atoms with E-state index in [1.807, 2.05) is 42.5 Å². The summed E-state index contributed by atoms with van der Waals surface area (Å²) in [6.07, 6.45) is 0.981. The predicted octanol–water partition coefficient (Wildman–Crippen LogP) is 4.21. The van der Waals surface area contributed by atoms with Crippen LogP contribution in [0.15, 0.2) is 64.8 Å². The lowest BCUT2D eigenvalue weighted by molar-refractivity contribution is 0.310. The highest BCUT2D eigenvalue weighted by Crippen LogP contribution is 2.45. The molecule has 1 atom stereocenters. The van der Waals surface area contributed by atoms with Crippen LogP contribution in [0, 0.1) is 0 Å². The summed E-state index contributed by atoms with van der Waals surface area (Å²) in [6, 6.07) is 18.2. The normalized spacial score (nSPS) is 20.0. The number of azo groups is 1. The van der Waals surface area contributed by atoms with Gasteiger partial charge in [-0.05, 0) is 60.0 Å². The van der Waals surface area contributed by atoms with Crippen LogP contribution >= 0.6 is 0 Å². The van der Waals surface area contributed by atoms with Crippen LogP contribution in [0.4, 0.5) is 17.1 Å². The second kappa shape index (κ2) is 7.37. The van der Waals surface area contributed by atoms with E-state index < -0.39 is 5.79 Å². The zero-order chi connectivity index (χ0) is 21.6. The third kappa shape index (κ3) is 3.41. The monoisotopic (exact) mass is 414 g/mol. The number of hydrogen-bond donors (Lipinski definition) is 3. The van der Waals surface area contributed by atoms with Gasteiger partial charge in [0.25, 0.3) is 0 Å². The molecule has 0 radical (unpaired) electrons. The molecular weight excluding hydrogens is 388 g/mol. The lowest BCUT2D eigenvalue weighted by Gasteiger charge is -2.34. The molecule has 7 heteroatoms. The number of fused-ring (bicyclic) bond motifs is 2. The van der Waals surface area contributed by atoms with Crippen molar-refractivity contribution in [1.82, 2.24) is 4.90 Å². The second-order valence-electron chi connectivity index (χ2n) is 8.23. The summed E-state index contributed by atoms with van der Waals surface area (Å²) in [7, 11) is 3.77. The van der Waals surface area contributed by atoms with Gasteiger partial charge in [-0.25, -0.2) is 0 Å². The summed E-state index contributed by atoms with van der Waals surface area (Å²) in [4.78, 5) is 2.29. The fourth-order valence-electron chi connectivity index (χ4n) is 4.34. The molecule has 0 aromatic heterocycles. The lowest BCUT2D eigenvalue weighted by Crippen LogP contribution is -2.44. The second-order valence-corrected chi connectivity index (χ2v) is 8.23. The number of nitrogens with two attached hydrogens (primary N) is 2. The average molecular weight is 415 g/mol. The number of nitrogen functional groups attached to an aromatic ring is 1. The highest BCUT2D eigenvalue weighted by atomic mass is 16.5. The molecule has 0 aliphatic carbocycles. The van der Waals surface area contributed by atoms with Gasteiger partial charge in [-0.15, -0.1) is 10.2 Å². The van der Waals surface area contributed by atoms with E-state index in [4.69, 9.17) is 16.2 Å². The topological polar surface area (TPSA) is 101 Å². The number of benzene rings is 3. The van der Waals surface area contributed by atoms with Gasteiger partial charge in [0.2, 0.25) is 5.79 Å². The highest BCUT2D eigenvalue weighted by molar-refractivity contribution is 5.86. The minimum atomic E-state index is -1.26. The fraction of sp³-hybridized carbons (Fsp3) is 0.250. The fourth-order valence-corrected chi connectivity index (χ4v) is 4.34. The molecule has 0 fully saturated rings. The molecule has 5 N–H and O–H groups in total. The lowest BCUT2D eigenvalue weighted by atomic mass is 9.94. The average Bonchev–Trinajstić information content (AvgIpc) is 2.78. The van der Waals surface area contributed by atoms with Crippen LogP contribution in [-0.2, 0) is 18.8 Å². The summed E-state index contributed by atoms with van der Waals surface area (Å²) < 4.78 is 5.70. The zero-order valence-corrected chi connectivity index (χ0v) is 17.7. The molecule has 0 bridgehead atoms. The van der Waals surface area contributed by atoms with E-state index in [9.17, 15) is 0 Å². The maximum absolute atomic E-state index is 6.77. The number of nitrogens with zero attached hydrogens (tertiary/aromatic N) is 3. The molecule has 2 aliphatic rings. The quantitative estimate of drug-likeness (QED) is 0.557. The first kappa shape index (κ1) is 19.5. The smallest absolute Gasteiger partial charge is 0.232 e. The van der Waals surface area contributed by atoms with Crippen molar-refractivity contribution >= 4 is 17.1 Å². The Kier molecular flexibility index (Phi) is 4.64. The Morgan fingerprint density at radius 3 is 2.65 bits per heavy atom. The van der Waals surface area contributed by atoms with Crippen LogP contribution in [0.5, 0.6) is 5.75 Å². The third-order valence-electron chi connectivity index (χ3n) is 6.01. The van der Waals surface area contributed by atoms with Crippen molar-refractivity contribution in [2.45, 2.75) is 18.8 Å². The first-order valence-corrected chi connectivity index (χ1v) is 10.3. The highest BCUT2D eigenvalue weighted by Gasteiger charge is 2.36. The molecule has 158 valence electrons. The Balaban J connectivity index is 1.58. The van der Waals surface area contributed by atoms with Gasteiger partial charge >= 0.3 is 0 Å². The van der Waals surface area contributed by atoms with Crippen molar-refractivity contribution in [3.63, 3.8) is 0 Å². The van der Waals surface area contributed by atoms with Crippen molar-refractivity contribution in [1.29, 1.82) is 0 Å². The standard InChI is InChI=1S/C24H26N6O/c1-30-9-8-16-13-22(31-2)19(10-18(16)14-30)24(26)27-21-12-17(15-6-4-3-5-7-15)11-20(25)23(21)28-29-24/h3-7,10-13,27H,8-9,14,25-26H2,1-2H3. The number of methoxy groups -OCH3 is 1. The van der Waals surface area contributed by atoms with E-state index in [0.29, 0.717) is 17.1 Å². The predicted molar refractivity (Wildman–Crippen MR) is 123 cm³/mol. The van der Waals surface area contributed by atoms with Gasteiger partial charge in [0.1, 0.15) is 11.4 Å². The first-order valence-electron chi connectivity index (χ1n) is 10.3. The van der Waals surface area contributed by atoms with E-state index in [1.165, 1.54) is 11.1 Å². The number of anilines is 2. The largest absolute Gasteiger partial charge is 0.496 e. The Hall–Kier alpha value is -3.42. The molecule has 5 rings (SSSR count). The first-order chi connectivity index (χ1) is 15.0. The van der Waals surface area contributed by atoms with Gasteiger partial charge < -0.3 is 20.7 Å². The number of ether oxygens (including phenoxy) is 1. The Morgan fingerprint density at radius 2 is 1.87 bits per heavy atom. The molecule has 0 saturated heterocycles. The van der Waals surface area contributed by atoms with Gasteiger partial charge in [0.15, 0.2) is 0 Å². The van der Waals surface area contributed by atoms with E-state index in [1.54, 1.807) is 7.11 Å². The number of hydrogen-bond acceptors (Lipinski definition) is 7. The summed E-state index contributed by atoms with van der Waals surface area (Å²) in [5.41, 5.74) is 20.3. The van der Waals surface area contributed by atoms with Crippen molar-refractivity contribution < 1.29 is 4.74 Å². The number of likely N-dealkylation sites (N-methyl/N-ethyl adjacent to an activating group) is 1. The maximum atomic E-state index is 6.77.